The maximum absolute atomic E-state index is 14.7. The standard InChI is InChI=1S/C55H86O25S.Na/c1-24(2)12-11-17-54(9)45-30(73-26(4)57)20-53(8)28-13-14-33-51(5,6)34(16-18-52(33,7)27(28)15-19-55(45,53)50(65)79-54)75-49-44(36(60)32(23-71-49)80-81(66,67)68)78-47-38(62)37(61)41(25(3)72-47)76-46-39(63)42(29(58)22-70-46)77-48-40(64)43(69-10)35(59)31(21-56)74-48;/h12-13,25,27,29-49,56,58-64H,11,14-23H2,1-10H3,(H,66,67,68);/q;+1/p-1/t25-,27-,29-,30+,31-,32-,33?,34+,35-,36+,37-,38-,39-,40-,41-,42+,43+,44-,45-,46+,47+,48+,49+,52-,53+,54+,55-;/m1./s1. The molecular weight excluding hydrogens is 1120 g/mol. The van der Waals surface area contributed by atoms with E-state index in [4.69, 9.17) is 52.1 Å². The van der Waals surface area contributed by atoms with Gasteiger partial charge < -0.3 is 97.5 Å². The molecule has 0 aromatic rings. The summed E-state index contributed by atoms with van der Waals surface area (Å²) in [6, 6.07) is 0. The molecule has 27 heteroatoms. The van der Waals surface area contributed by atoms with E-state index >= 15 is 0 Å². The van der Waals surface area contributed by atoms with Crippen molar-refractivity contribution in [1.29, 1.82) is 0 Å². The zero-order chi connectivity index (χ0) is 59.3. The first-order chi connectivity index (χ1) is 37.9. The van der Waals surface area contributed by atoms with Gasteiger partial charge in [-0.15, -0.1) is 0 Å². The first-order valence-electron chi connectivity index (χ1n) is 28.3. The van der Waals surface area contributed by atoms with E-state index in [9.17, 15) is 63.4 Å². The quantitative estimate of drug-likeness (QED) is 0.0256. The molecule has 9 rings (SSSR count). The number of rotatable bonds is 16. The van der Waals surface area contributed by atoms with Gasteiger partial charge in [-0.05, 0) is 102 Å². The minimum absolute atomic E-state index is 0. The zero-order valence-electron chi connectivity index (χ0n) is 48.6. The molecule has 5 saturated heterocycles. The molecule has 9 aliphatic rings. The van der Waals surface area contributed by atoms with E-state index in [0.29, 0.717) is 51.4 Å². The topological polar surface area (TPSA) is 364 Å². The molecule has 3 saturated carbocycles. The van der Waals surface area contributed by atoms with Crippen molar-refractivity contribution < 1.29 is 149 Å². The summed E-state index contributed by atoms with van der Waals surface area (Å²) in [5.74, 6) is -0.985. The second kappa shape index (κ2) is 24.9. The number of allylic oxidation sites excluding steroid dienone is 4. The van der Waals surface area contributed by atoms with Gasteiger partial charge in [0, 0.05) is 19.4 Å². The van der Waals surface area contributed by atoms with E-state index in [-0.39, 0.29) is 58.7 Å². The number of carbonyl (C=O) groups is 2. The fourth-order valence-corrected chi connectivity index (χ4v) is 16.7. The summed E-state index contributed by atoms with van der Waals surface area (Å²) in [6.45, 7) is 15.7. The summed E-state index contributed by atoms with van der Waals surface area (Å²) < 4.78 is 106. The molecule has 462 valence electrons. The van der Waals surface area contributed by atoms with Gasteiger partial charge in [0.05, 0.1) is 43.4 Å². The van der Waals surface area contributed by atoms with Crippen molar-refractivity contribution in [2.45, 2.75) is 242 Å². The molecule has 8 N–H and O–H groups in total. The van der Waals surface area contributed by atoms with Crippen LogP contribution >= 0.6 is 0 Å². The Labute approximate surface area is 500 Å². The summed E-state index contributed by atoms with van der Waals surface area (Å²) in [6.07, 6.45) is -21.3. The predicted molar refractivity (Wildman–Crippen MR) is 274 cm³/mol. The average molecular weight is 1200 g/mol. The fourth-order valence-electron chi connectivity index (χ4n) is 16.3. The van der Waals surface area contributed by atoms with Crippen LogP contribution in [0.1, 0.15) is 114 Å². The molecule has 1 unspecified atom stereocenters. The van der Waals surface area contributed by atoms with Crippen molar-refractivity contribution in [2.75, 3.05) is 26.9 Å². The van der Waals surface area contributed by atoms with Crippen LogP contribution in [0.5, 0.6) is 0 Å². The predicted octanol–water partition coefficient (Wildman–Crippen LogP) is -2.72. The molecule has 0 aromatic carbocycles. The third-order valence-corrected chi connectivity index (χ3v) is 20.6. The molecule has 0 radical (unpaired) electrons. The molecule has 8 fully saturated rings. The average Bonchev–Trinajstić information content (AvgIpc) is 2.08. The number of cyclic esters (lactones) is 1. The molecular formula is C55H85NaO25S. The van der Waals surface area contributed by atoms with Gasteiger partial charge in [-0.1, -0.05) is 51.0 Å². The number of aliphatic hydroxyl groups is 8. The van der Waals surface area contributed by atoms with Crippen LogP contribution in [0.25, 0.3) is 0 Å². The summed E-state index contributed by atoms with van der Waals surface area (Å²) in [4.78, 5) is 27.4. The van der Waals surface area contributed by atoms with Crippen molar-refractivity contribution in [3.05, 3.63) is 23.3 Å². The maximum Gasteiger partial charge on any atom is 1.00 e. The van der Waals surface area contributed by atoms with Crippen molar-refractivity contribution in [3.8, 4) is 0 Å². The minimum atomic E-state index is -5.41. The van der Waals surface area contributed by atoms with Gasteiger partial charge >= 0.3 is 41.5 Å². The molecule has 0 aromatic heterocycles. The minimum Gasteiger partial charge on any atom is -0.726 e. The zero-order valence-corrected chi connectivity index (χ0v) is 51.5. The Bertz CT molecular complexity index is 2460. The number of hydrogen-bond acceptors (Lipinski definition) is 25. The van der Waals surface area contributed by atoms with Gasteiger partial charge in [-0.25, -0.2) is 8.42 Å². The Morgan fingerprint density at radius 3 is 2.07 bits per heavy atom. The Balaban J connectivity index is 0.00000880. The van der Waals surface area contributed by atoms with Gasteiger partial charge in [-0.3, -0.25) is 13.8 Å². The summed E-state index contributed by atoms with van der Waals surface area (Å²) in [5.41, 5.74) is -1.06. The molecule has 5 aliphatic heterocycles. The molecule has 4 aliphatic carbocycles. The Kier molecular flexibility index (Phi) is 20.2. The van der Waals surface area contributed by atoms with E-state index in [1.165, 1.54) is 26.5 Å². The number of fused-ring (bicyclic) bond motifs is 4. The monoisotopic (exact) mass is 1200 g/mol. The van der Waals surface area contributed by atoms with Crippen LogP contribution in [0.4, 0.5) is 0 Å². The van der Waals surface area contributed by atoms with Crippen molar-refractivity contribution in [2.24, 2.45) is 39.4 Å². The molecule has 0 amide bonds. The van der Waals surface area contributed by atoms with E-state index in [0.717, 1.165) is 5.57 Å². The molecule has 5 heterocycles. The Morgan fingerprint density at radius 2 is 1.43 bits per heavy atom. The van der Waals surface area contributed by atoms with Crippen LogP contribution < -0.4 is 29.6 Å². The fraction of sp³-hybridized carbons (Fsp3) is 0.891. The SMILES string of the molecule is CO[C@@H]1[C@@H](O)[C@H](O[C@@H]2[C@@H](O)[C@H](O[C@H]3[C@H](O)[C@@H](O)[C@H](O[C@H]4[C@H](O[C@H]5CC[C@@]6(C)C(CC=C7[C@H]6CC[C@]68C(=O)O[C@@](C)(CCC=C(C)C)[C@H]6[C@@H](OC(C)=O)C[C@@]78C)C5(C)C)OC[C@@H](OS(=O)(=O)[O-])[C@@H]4O)O[C@@H]3C)OC[C@H]2O)O[C@H](CO)[C@H]1O.[Na+]. The largest absolute Gasteiger partial charge is 1.00 e. The third-order valence-electron chi connectivity index (χ3n) is 20.2. The maximum atomic E-state index is 14.7. The van der Waals surface area contributed by atoms with E-state index in [1.807, 2.05) is 20.8 Å². The first-order valence-corrected chi connectivity index (χ1v) is 29.7. The summed E-state index contributed by atoms with van der Waals surface area (Å²) in [5, 5.41) is 88.3. The third kappa shape index (κ3) is 11.8. The molecule has 25 nitrogen and oxygen atoms in total. The molecule has 1 spiro atoms. The number of carbonyl (C=O) groups excluding carboxylic acids is 2. The normalized spacial score (nSPS) is 48.9. The second-order valence-electron chi connectivity index (χ2n) is 25.6. The number of esters is 2. The Hall–Kier alpha value is -1.39. The van der Waals surface area contributed by atoms with Gasteiger partial charge in [0.1, 0.15) is 91.1 Å². The van der Waals surface area contributed by atoms with E-state index in [1.54, 1.807) is 0 Å². The van der Waals surface area contributed by atoms with Crippen molar-refractivity contribution in [1.82, 2.24) is 0 Å². The van der Waals surface area contributed by atoms with Crippen LogP contribution in [0.2, 0.25) is 0 Å². The van der Waals surface area contributed by atoms with Crippen molar-refractivity contribution >= 4 is 22.3 Å². The molecule has 27 atom stereocenters. The second-order valence-corrected chi connectivity index (χ2v) is 26.6. The van der Waals surface area contributed by atoms with Crippen LogP contribution in [-0.4, -0.2) is 221 Å². The number of ether oxygens (including phenoxy) is 11. The van der Waals surface area contributed by atoms with Gasteiger partial charge in [0.15, 0.2) is 25.2 Å². The number of hydrogen-bond donors (Lipinski definition) is 8. The number of aliphatic hydroxyl groups excluding tert-OH is 8. The smallest absolute Gasteiger partial charge is 0.726 e. The van der Waals surface area contributed by atoms with Gasteiger partial charge in [0.25, 0.3) is 0 Å². The van der Waals surface area contributed by atoms with E-state index < -0.39 is 181 Å². The van der Waals surface area contributed by atoms with Gasteiger partial charge in [0.2, 0.25) is 10.4 Å². The first kappa shape index (κ1) is 66.6. The molecule has 0 bridgehead atoms. The Morgan fingerprint density at radius 1 is 0.780 bits per heavy atom. The van der Waals surface area contributed by atoms with Crippen molar-refractivity contribution in [3.63, 3.8) is 0 Å². The van der Waals surface area contributed by atoms with Crippen LogP contribution in [0.15, 0.2) is 23.3 Å². The van der Waals surface area contributed by atoms with Crippen LogP contribution in [0.3, 0.4) is 0 Å². The summed E-state index contributed by atoms with van der Waals surface area (Å²) in [7, 11) is -4.20. The van der Waals surface area contributed by atoms with Crippen LogP contribution in [0, 0.1) is 39.4 Å². The van der Waals surface area contributed by atoms with Gasteiger partial charge in [-0.2, -0.15) is 0 Å². The summed E-state index contributed by atoms with van der Waals surface area (Å²) >= 11 is 0. The number of methoxy groups -OCH3 is 1. The van der Waals surface area contributed by atoms with Crippen LogP contribution in [-0.2, 0) is 76.3 Å². The van der Waals surface area contributed by atoms with E-state index in [2.05, 4.69) is 44.0 Å². The molecule has 82 heavy (non-hydrogen) atoms.